The van der Waals surface area contributed by atoms with Crippen molar-refractivity contribution in [1.82, 2.24) is 0 Å². The van der Waals surface area contributed by atoms with Crippen LogP contribution < -0.4 is 0 Å². The summed E-state index contributed by atoms with van der Waals surface area (Å²) < 4.78 is 0. The number of hydrogen-bond donors (Lipinski definition) is 1. The minimum atomic E-state index is -0.798. The molecular weight excluding hydrogens is 252 g/mol. The normalized spacial score (nSPS) is 10.9. The smallest absolute Gasteiger partial charge is 0.126 e. The van der Waals surface area contributed by atoms with Gasteiger partial charge in [-0.2, -0.15) is 0 Å². The van der Waals surface area contributed by atoms with Gasteiger partial charge in [-0.15, -0.1) is 0 Å². The molecule has 1 nitrogen and oxygen atoms in total. The summed E-state index contributed by atoms with van der Waals surface area (Å²) in [5.41, 5.74) is -0.798. The fraction of sp³-hybridized carbons (Fsp3) is 0.529. The molecule has 0 spiro atoms. The lowest BCUT2D eigenvalue weighted by atomic mass is 9.92. The third kappa shape index (κ3) is 6.71. The maximum atomic E-state index is 10.6. The molecule has 0 aliphatic carbocycles. The lowest BCUT2D eigenvalue weighted by Crippen LogP contribution is -2.26. The van der Waals surface area contributed by atoms with Gasteiger partial charge in [-0.25, -0.2) is 0 Å². The van der Waals surface area contributed by atoms with E-state index in [0.717, 1.165) is 43.4 Å². The van der Waals surface area contributed by atoms with Crippen LogP contribution in [0.3, 0.4) is 0 Å². The highest BCUT2D eigenvalue weighted by Gasteiger charge is 2.22. The summed E-state index contributed by atoms with van der Waals surface area (Å²) in [6.45, 7) is 4.29. The minimum Gasteiger partial charge on any atom is -0.378 e. The van der Waals surface area contributed by atoms with Crippen molar-refractivity contribution < 1.29 is 5.11 Å². The average Bonchev–Trinajstić information content (AvgIpc) is 2.44. The van der Waals surface area contributed by atoms with Gasteiger partial charge in [0.15, 0.2) is 0 Å². The SMILES string of the molecule is CCCCC(O)(C#CSc1ccccc1)CCCC. The largest absolute Gasteiger partial charge is 0.378 e. The molecule has 2 heteroatoms. The molecule has 0 radical (unpaired) electrons. The Morgan fingerprint density at radius 3 is 2.16 bits per heavy atom. The molecule has 0 atom stereocenters. The van der Waals surface area contributed by atoms with Crippen molar-refractivity contribution in [3.63, 3.8) is 0 Å². The molecule has 1 aromatic carbocycles. The van der Waals surface area contributed by atoms with Crippen molar-refractivity contribution in [2.24, 2.45) is 0 Å². The fourth-order valence-corrected chi connectivity index (χ4v) is 2.51. The van der Waals surface area contributed by atoms with E-state index in [9.17, 15) is 5.11 Å². The number of thioether (sulfide) groups is 1. The second kappa shape index (κ2) is 9.07. The zero-order valence-electron chi connectivity index (χ0n) is 12.0. The number of benzene rings is 1. The third-order valence-electron chi connectivity index (χ3n) is 3.08. The number of rotatable bonds is 7. The molecule has 0 unspecified atom stereocenters. The molecule has 0 fully saturated rings. The van der Waals surface area contributed by atoms with Crippen LogP contribution in [-0.4, -0.2) is 10.7 Å². The molecule has 0 amide bonds. The predicted octanol–water partition coefficient (Wildman–Crippen LogP) is 4.85. The van der Waals surface area contributed by atoms with Crippen molar-refractivity contribution in [2.45, 2.75) is 62.9 Å². The maximum Gasteiger partial charge on any atom is 0.126 e. The van der Waals surface area contributed by atoms with Crippen molar-refractivity contribution in [3.05, 3.63) is 30.3 Å². The summed E-state index contributed by atoms with van der Waals surface area (Å²) in [6, 6.07) is 10.1. The molecule has 0 aromatic heterocycles. The number of hydrogen-bond acceptors (Lipinski definition) is 2. The second-order valence-electron chi connectivity index (χ2n) is 4.88. The van der Waals surface area contributed by atoms with E-state index < -0.39 is 5.60 Å². The molecule has 104 valence electrons. The van der Waals surface area contributed by atoms with E-state index in [1.807, 2.05) is 30.3 Å². The van der Waals surface area contributed by atoms with Gasteiger partial charge in [-0.3, -0.25) is 0 Å². The Morgan fingerprint density at radius 1 is 1.05 bits per heavy atom. The van der Waals surface area contributed by atoms with E-state index in [0.29, 0.717) is 0 Å². The Kier molecular flexibility index (Phi) is 7.70. The maximum absolute atomic E-state index is 10.6. The van der Waals surface area contributed by atoms with E-state index in [1.165, 1.54) is 11.8 Å². The molecule has 1 rings (SSSR count). The number of unbranched alkanes of at least 4 members (excludes halogenated alkanes) is 2. The summed E-state index contributed by atoms with van der Waals surface area (Å²) in [5.74, 6) is 3.08. The summed E-state index contributed by atoms with van der Waals surface area (Å²) >= 11 is 1.49. The monoisotopic (exact) mass is 276 g/mol. The zero-order chi connectivity index (χ0) is 14.0. The summed E-state index contributed by atoms with van der Waals surface area (Å²) in [6.07, 6.45) is 5.83. The van der Waals surface area contributed by atoms with Gasteiger partial charge in [-0.1, -0.05) is 50.8 Å². The van der Waals surface area contributed by atoms with E-state index in [-0.39, 0.29) is 0 Å². The minimum absolute atomic E-state index is 0.784. The first-order chi connectivity index (χ1) is 9.20. The molecule has 1 N–H and O–H groups in total. The van der Waals surface area contributed by atoms with Gasteiger partial charge in [0.05, 0.1) is 0 Å². The van der Waals surface area contributed by atoms with E-state index in [4.69, 9.17) is 0 Å². The van der Waals surface area contributed by atoms with Gasteiger partial charge in [0.2, 0.25) is 0 Å². The standard InChI is InChI=1S/C17H24OS/c1-3-5-12-17(18,13-6-4-2)14-15-19-16-10-8-7-9-11-16/h7-11,18H,3-6,12-13H2,1-2H3. The Hall–Kier alpha value is -0.910. The highest BCUT2D eigenvalue weighted by molar-refractivity contribution is 8.03. The van der Waals surface area contributed by atoms with E-state index in [1.54, 1.807) is 0 Å². The first-order valence-corrected chi connectivity index (χ1v) is 7.98. The van der Waals surface area contributed by atoms with Crippen molar-refractivity contribution in [1.29, 1.82) is 0 Å². The Morgan fingerprint density at radius 2 is 1.63 bits per heavy atom. The molecule has 1 aromatic rings. The van der Waals surface area contributed by atoms with Crippen molar-refractivity contribution >= 4 is 11.8 Å². The van der Waals surface area contributed by atoms with Gasteiger partial charge in [0, 0.05) is 4.90 Å². The molecule has 19 heavy (non-hydrogen) atoms. The van der Waals surface area contributed by atoms with Crippen LogP contribution in [0, 0.1) is 11.2 Å². The highest BCUT2D eigenvalue weighted by Crippen LogP contribution is 2.22. The topological polar surface area (TPSA) is 20.2 Å². The van der Waals surface area contributed by atoms with Gasteiger partial charge in [0.25, 0.3) is 0 Å². The molecule has 0 aliphatic rings. The average molecular weight is 276 g/mol. The molecule has 0 saturated heterocycles. The summed E-state index contributed by atoms with van der Waals surface area (Å²) in [7, 11) is 0. The van der Waals surface area contributed by atoms with E-state index >= 15 is 0 Å². The van der Waals surface area contributed by atoms with Gasteiger partial charge >= 0.3 is 0 Å². The van der Waals surface area contributed by atoms with Crippen LogP contribution in [-0.2, 0) is 0 Å². The van der Waals surface area contributed by atoms with Crippen LogP contribution in [0.5, 0.6) is 0 Å². The quantitative estimate of drug-likeness (QED) is 0.567. The van der Waals surface area contributed by atoms with Gasteiger partial charge in [-0.05, 0) is 54.8 Å². The first kappa shape index (κ1) is 16.1. The molecule has 0 heterocycles. The summed E-state index contributed by atoms with van der Waals surface area (Å²) in [5, 5.41) is 13.6. The Balaban J connectivity index is 2.61. The predicted molar refractivity (Wildman–Crippen MR) is 84.1 cm³/mol. The van der Waals surface area contributed by atoms with Crippen LogP contribution in [0.1, 0.15) is 52.4 Å². The zero-order valence-corrected chi connectivity index (χ0v) is 12.8. The molecule has 0 aliphatic heterocycles. The fourth-order valence-electron chi connectivity index (χ4n) is 1.86. The Labute approximate surface area is 121 Å². The van der Waals surface area contributed by atoms with Gasteiger partial charge < -0.3 is 5.11 Å². The van der Waals surface area contributed by atoms with Crippen LogP contribution in [0.2, 0.25) is 0 Å². The van der Waals surface area contributed by atoms with Crippen molar-refractivity contribution in [2.75, 3.05) is 0 Å². The second-order valence-corrected chi connectivity index (χ2v) is 5.76. The first-order valence-electron chi connectivity index (χ1n) is 7.16. The lowest BCUT2D eigenvalue weighted by molar-refractivity contribution is 0.0775. The highest BCUT2D eigenvalue weighted by atomic mass is 32.2. The van der Waals surface area contributed by atoms with E-state index in [2.05, 4.69) is 25.0 Å². The van der Waals surface area contributed by atoms with Crippen molar-refractivity contribution in [3.8, 4) is 11.2 Å². The van der Waals surface area contributed by atoms with Gasteiger partial charge in [0.1, 0.15) is 5.60 Å². The molecule has 0 bridgehead atoms. The van der Waals surface area contributed by atoms with Crippen LogP contribution in [0.25, 0.3) is 0 Å². The number of aliphatic hydroxyl groups is 1. The van der Waals surface area contributed by atoms with Crippen LogP contribution in [0.15, 0.2) is 35.2 Å². The van der Waals surface area contributed by atoms with Crippen LogP contribution in [0.4, 0.5) is 0 Å². The third-order valence-corrected chi connectivity index (χ3v) is 3.80. The summed E-state index contributed by atoms with van der Waals surface area (Å²) in [4.78, 5) is 1.13. The molecular formula is C17H24OS. The lowest BCUT2D eigenvalue weighted by Gasteiger charge is -2.21. The van der Waals surface area contributed by atoms with Crippen LogP contribution >= 0.6 is 11.8 Å². The Bertz CT molecular complexity index is 394. The molecule has 0 saturated carbocycles.